The third kappa shape index (κ3) is 4.15. The summed E-state index contributed by atoms with van der Waals surface area (Å²) in [4.78, 5) is 24.2. The second-order valence-corrected chi connectivity index (χ2v) is 7.94. The van der Waals surface area contributed by atoms with E-state index in [-0.39, 0.29) is 11.6 Å². The summed E-state index contributed by atoms with van der Waals surface area (Å²) in [5.41, 5.74) is 2.10. The Morgan fingerprint density at radius 1 is 1.36 bits per heavy atom. The predicted octanol–water partition coefficient (Wildman–Crippen LogP) is 4.51. The molecule has 0 bridgehead atoms. The zero-order valence-corrected chi connectivity index (χ0v) is 16.6. The van der Waals surface area contributed by atoms with E-state index in [0.29, 0.717) is 21.9 Å². The van der Waals surface area contributed by atoms with Gasteiger partial charge in [0.05, 0.1) is 10.5 Å². The number of ether oxygens (including phenoxy) is 1. The summed E-state index contributed by atoms with van der Waals surface area (Å²) in [6, 6.07) is 6.61. The minimum Gasteiger partial charge on any atom is -0.481 e. The number of fused-ring (bicyclic) bond motifs is 1. The monoisotopic (exact) mass is 399 g/mol. The van der Waals surface area contributed by atoms with E-state index in [1.807, 2.05) is 0 Å². The normalized spacial score (nSPS) is 14.3. The van der Waals surface area contributed by atoms with Crippen molar-refractivity contribution in [2.24, 2.45) is 0 Å². The Morgan fingerprint density at radius 3 is 2.79 bits per heavy atom. The summed E-state index contributed by atoms with van der Waals surface area (Å²) in [6.45, 7) is 3.23. The van der Waals surface area contributed by atoms with Crippen LogP contribution in [0.2, 0.25) is 0 Å². The van der Waals surface area contributed by atoms with Gasteiger partial charge in [0.2, 0.25) is 0 Å². The first kappa shape index (κ1) is 19.8. The molecule has 1 N–H and O–H groups in total. The molecule has 28 heavy (non-hydrogen) atoms. The molecule has 1 aliphatic carbocycles. The van der Waals surface area contributed by atoms with Crippen LogP contribution in [0.1, 0.15) is 47.8 Å². The first-order valence-electron chi connectivity index (χ1n) is 9.18. The zero-order valence-electron chi connectivity index (χ0n) is 15.8. The Morgan fingerprint density at radius 2 is 2.11 bits per heavy atom. The van der Waals surface area contributed by atoms with Crippen LogP contribution in [-0.2, 0) is 17.6 Å². The zero-order chi connectivity index (χ0) is 20.3. The lowest BCUT2D eigenvalue weighted by molar-refractivity contribution is -0.385. The first-order valence-corrected chi connectivity index (χ1v) is 9.99. The fraction of sp³-hybridized carbons (Fsp3) is 0.400. The number of hydrogen-bond acceptors (Lipinski definition) is 6. The van der Waals surface area contributed by atoms with Crippen molar-refractivity contribution in [1.29, 1.82) is 5.26 Å². The number of nitro benzene ring substituents is 1. The lowest BCUT2D eigenvalue weighted by Gasteiger charge is -2.14. The fourth-order valence-corrected chi connectivity index (χ4v) is 4.57. The molecule has 146 valence electrons. The van der Waals surface area contributed by atoms with E-state index in [4.69, 9.17) is 4.74 Å². The van der Waals surface area contributed by atoms with Gasteiger partial charge in [-0.05, 0) is 57.2 Å². The number of carbonyl (C=O) groups excluding carboxylic acids is 1. The van der Waals surface area contributed by atoms with Crippen molar-refractivity contribution in [3.8, 4) is 11.8 Å². The average molecular weight is 399 g/mol. The molecule has 0 fully saturated rings. The van der Waals surface area contributed by atoms with E-state index in [1.165, 1.54) is 34.4 Å². The average Bonchev–Trinajstić information content (AvgIpc) is 2.81. The Hall–Kier alpha value is -2.92. The van der Waals surface area contributed by atoms with Gasteiger partial charge < -0.3 is 10.1 Å². The molecule has 8 heteroatoms. The number of rotatable bonds is 5. The predicted molar refractivity (Wildman–Crippen MR) is 107 cm³/mol. The van der Waals surface area contributed by atoms with Crippen molar-refractivity contribution in [2.45, 2.75) is 52.1 Å². The van der Waals surface area contributed by atoms with Crippen molar-refractivity contribution < 1.29 is 14.5 Å². The van der Waals surface area contributed by atoms with Gasteiger partial charge in [0.25, 0.3) is 11.6 Å². The van der Waals surface area contributed by atoms with Crippen LogP contribution in [0.4, 0.5) is 10.7 Å². The standard InChI is InChI=1S/C20H21N3O4S/c1-12-10-14(8-9-17(12)23(25)26)27-13(2)19(24)22-20-16(11-21)15-6-4-3-5-7-18(15)28-20/h8-10,13H,3-7H2,1-2H3,(H,22,24)/t13-/m0/s1. The number of anilines is 1. The van der Waals surface area contributed by atoms with E-state index in [0.717, 1.165) is 37.7 Å². The van der Waals surface area contributed by atoms with Crippen molar-refractivity contribution in [2.75, 3.05) is 5.32 Å². The highest BCUT2D eigenvalue weighted by molar-refractivity contribution is 7.16. The molecular formula is C20H21N3O4S. The fourth-order valence-electron chi connectivity index (χ4n) is 3.33. The molecule has 0 unspecified atom stereocenters. The van der Waals surface area contributed by atoms with Crippen LogP contribution >= 0.6 is 11.3 Å². The number of benzene rings is 1. The molecule has 1 aromatic carbocycles. The van der Waals surface area contributed by atoms with Gasteiger partial charge in [-0.2, -0.15) is 5.26 Å². The molecule has 1 amide bonds. The molecule has 0 aliphatic heterocycles. The molecule has 0 saturated heterocycles. The Labute approximate surface area is 167 Å². The van der Waals surface area contributed by atoms with E-state index in [2.05, 4.69) is 11.4 Å². The van der Waals surface area contributed by atoms with Crippen LogP contribution in [0.15, 0.2) is 18.2 Å². The summed E-state index contributed by atoms with van der Waals surface area (Å²) in [5, 5.41) is 23.9. The van der Waals surface area contributed by atoms with Gasteiger partial charge in [-0.3, -0.25) is 14.9 Å². The van der Waals surface area contributed by atoms with Crippen molar-refractivity contribution >= 4 is 27.9 Å². The van der Waals surface area contributed by atoms with Crippen molar-refractivity contribution in [1.82, 2.24) is 0 Å². The third-order valence-corrected chi connectivity index (χ3v) is 6.02. The SMILES string of the molecule is Cc1cc(O[C@@H](C)C(=O)Nc2sc3c(c2C#N)CCCCC3)ccc1[N+](=O)[O-]. The number of nitriles is 1. The lowest BCUT2D eigenvalue weighted by atomic mass is 10.1. The molecule has 1 aromatic heterocycles. The molecule has 0 radical (unpaired) electrons. The third-order valence-electron chi connectivity index (χ3n) is 4.82. The maximum absolute atomic E-state index is 12.6. The number of nitrogens with zero attached hydrogens (tertiary/aromatic N) is 2. The highest BCUT2D eigenvalue weighted by atomic mass is 32.1. The second kappa shape index (κ2) is 8.40. The summed E-state index contributed by atoms with van der Waals surface area (Å²) in [6.07, 6.45) is 4.33. The number of nitro groups is 1. The molecule has 1 atom stereocenters. The molecule has 1 heterocycles. The molecular weight excluding hydrogens is 378 g/mol. The Bertz CT molecular complexity index is 961. The van der Waals surface area contributed by atoms with Crippen LogP contribution < -0.4 is 10.1 Å². The first-order chi connectivity index (χ1) is 13.4. The molecule has 3 rings (SSSR count). The smallest absolute Gasteiger partial charge is 0.272 e. The van der Waals surface area contributed by atoms with Crippen LogP contribution in [-0.4, -0.2) is 16.9 Å². The lowest BCUT2D eigenvalue weighted by Crippen LogP contribution is -2.30. The minimum atomic E-state index is -0.811. The summed E-state index contributed by atoms with van der Waals surface area (Å²) in [7, 11) is 0. The van der Waals surface area contributed by atoms with Crippen molar-refractivity contribution in [3.05, 3.63) is 49.9 Å². The number of carbonyl (C=O) groups is 1. The Kier molecular flexibility index (Phi) is 5.95. The van der Waals surface area contributed by atoms with E-state index in [9.17, 15) is 20.2 Å². The maximum Gasteiger partial charge on any atom is 0.272 e. The van der Waals surface area contributed by atoms with Gasteiger partial charge in [0.1, 0.15) is 16.8 Å². The minimum absolute atomic E-state index is 0.00296. The van der Waals surface area contributed by atoms with Gasteiger partial charge in [0, 0.05) is 16.5 Å². The van der Waals surface area contributed by atoms with E-state index < -0.39 is 11.0 Å². The maximum atomic E-state index is 12.6. The van der Waals surface area contributed by atoms with E-state index in [1.54, 1.807) is 13.8 Å². The molecule has 0 spiro atoms. The quantitative estimate of drug-likeness (QED) is 0.452. The second-order valence-electron chi connectivity index (χ2n) is 6.84. The Balaban J connectivity index is 1.72. The molecule has 7 nitrogen and oxygen atoms in total. The number of thiophene rings is 1. The highest BCUT2D eigenvalue weighted by Crippen LogP contribution is 2.37. The number of hydrogen-bond donors (Lipinski definition) is 1. The summed E-state index contributed by atoms with van der Waals surface area (Å²) < 4.78 is 5.65. The van der Waals surface area contributed by atoms with Gasteiger partial charge in [0.15, 0.2) is 6.10 Å². The number of aryl methyl sites for hydroxylation is 2. The largest absolute Gasteiger partial charge is 0.481 e. The topological polar surface area (TPSA) is 105 Å². The highest BCUT2D eigenvalue weighted by Gasteiger charge is 2.23. The van der Waals surface area contributed by atoms with Crippen LogP contribution in [0.3, 0.4) is 0 Å². The molecule has 0 saturated carbocycles. The van der Waals surface area contributed by atoms with Gasteiger partial charge in [-0.25, -0.2) is 0 Å². The van der Waals surface area contributed by atoms with Crippen LogP contribution in [0.5, 0.6) is 5.75 Å². The van der Waals surface area contributed by atoms with Gasteiger partial charge in [-0.1, -0.05) is 6.42 Å². The van der Waals surface area contributed by atoms with Crippen LogP contribution in [0, 0.1) is 28.4 Å². The van der Waals surface area contributed by atoms with Crippen molar-refractivity contribution in [3.63, 3.8) is 0 Å². The van der Waals surface area contributed by atoms with E-state index >= 15 is 0 Å². The summed E-state index contributed by atoms with van der Waals surface area (Å²) in [5.74, 6) is 0.0251. The van der Waals surface area contributed by atoms with Gasteiger partial charge >= 0.3 is 0 Å². The number of nitrogens with one attached hydrogen (secondary N) is 1. The van der Waals surface area contributed by atoms with Gasteiger partial charge in [-0.15, -0.1) is 11.3 Å². The van der Waals surface area contributed by atoms with Crippen LogP contribution in [0.25, 0.3) is 0 Å². The molecule has 2 aromatic rings. The summed E-state index contributed by atoms with van der Waals surface area (Å²) >= 11 is 1.47. The number of amides is 1. The molecule has 1 aliphatic rings.